The van der Waals surface area contributed by atoms with Crippen molar-refractivity contribution in [3.05, 3.63) is 48.4 Å². The number of nitrogen functional groups attached to an aromatic ring is 1. The fourth-order valence-electron chi connectivity index (χ4n) is 3.30. The van der Waals surface area contributed by atoms with Crippen LogP contribution in [-0.4, -0.2) is 58.2 Å². The summed E-state index contributed by atoms with van der Waals surface area (Å²) in [6.45, 7) is 1.52. The van der Waals surface area contributed by atoms with Gasteiger partial charge < -0.3 is 16.0 Å². The van der Waals surface area contributed by atoms with E-state index in [0.29, 0.717) is 18.1 Å². The molecule has 0 unspecified atom stereocenters. The Balaban J connectivity index is 1.63. The Morgan fingerprint density at radius 2 is 1.86 bits per heavy atom. The van der Waals surface area contributed by atoms with Crippen molar-refractivity contribution >= 4 is 33.5 Å². The third-order valence-electron chi connectivity index (χ3n) is 4.85. The van der Waals surface area contributed by atoms with E-state index in [0.717, 1.165) is 45.9 Å². The number of fused-ring (bicyclic) bond motifs is 2. The standard InChI is InChI=1S/C21H23N7O/c1-28(2)9-3-8-23-21(29)19-15-10-13(5-7-18(15)26-27-19)14-4-6-17-16(11-14)20(22)25-12-24-17/h4-7,10-12H,3,8-9H2,1-2H3,(H,23,29)(H,26,27)(H2,22,24,25). The number of amides is 1. The number of anilines is 1. The van der Waals surface area contributed by atoms with Crippen molar-refractivity contribution in [2.45, 2.75) is 6.42 Å². The second-order valence-electron chi connectivity index (χ2n) is 7.24. The Kier molecular flexibility index (Phi) is 5.09. The van der Waals surface area contributed by atoms with Crippen LogP contribution >= 0.6 is 0 Å². The lowest BCUT2D eigenvalue weighted by Crippen LogP contribution is -2.27. The molecule has 0 aliphatic rings. The first kappa shape index (κ1) is 18.8. The van der Waals surface area contributed by atoms with E-state index in [1.165, 1.54) is 6.33 Å². The van der Waals surface area contributed by atoms with Gasteiger partial charge in [-0.25, -0.2) is 9.97 Å². The normalized spacial score (nSPS) is 11.4. The summed E-state index contributed by atoms with van der Waals surface area (Å²) >= 11 is 0. The first-order valence-corrected chi connectivity index (χ1v) is 9.44. The molecule has 0 radical (unpaired) electrons. The van der Waals surface area contributed by atoms with Gasteiger partial charge in [-0.1, -0.05) is 12.1 Å². The number of nitrogens with two attached hydrogens (primary N) is 1. The minimum Gasteiger partial charge on any atom is -0.383 e. The number of aromatic nitrogens is 4. The maximum absolute atomic E-state index is 12.6. The van der Waals surface area contributed by atoms with Gasteiger partial charge in [0.1, 0.15) is 12.1 Å². The minimum absolute atomic E-state index is 0.177. The molecule has 0 atom stereocenters. The van der Waals surface area contributed by atoms with Crippen molar-refractivity contribution in [2.24, 2.45) is 0 Å². The van der Waals surface area contributed by atoms with Crippen LogP contribution in [0.1, 0.15) is 16.9 Å². The molecule has 0 spiro atoms. The van der Waals surface area contributed by atoms with Crippen LogP contribution in [0.25, 0.3) is 32.9 Å². The van der Waals surface area contributed by atoms with Gasteiger partial charge in [-0.15, -0.1) is 0 Å². The van der Waals surface area contributed by atoms with Crippen molar-refractivity contribution in [1.82, 2.24) is 30.4 Å². The number of nitrogens with one attached hydrogen (secondary N) is 2. The molecule has 2 aromatic carbocycles. The second-order valence-corrected chi connectivity index (χ2v) is 7.24. The lowest BCUT2D eigenvalue weighted by Gasteiger charge is -2.09. The van der Waals surface area contributed by atoms with Gasteiger partial charge in [0.2, 0.25) is 0 Å². The fourth-order valence-corrected chi connectivity index (χ4v) is 3.30. The van der Waals surface area contributed by atoms with Gasteiger partial charge in [-0.3, -0.25) is 9.89 Å². The molecule has 4 N–H and O–H groups in total. The highest BCUT2D eigenvalue weighted by molar-refractivity contribution is 6.05. The molecule has 0 saturated heterocycles. The topological polar surface area (TPSA) is 113 Å². The number of hydrogen-bond donors (Lipinski definition) is 3. The molecule has 0 saturated carbocycles. The first-order valence-electron chi connectivity index (χ1n) is 9.44. The quantitative estimate of drug-likeness (QED) is 0.437. The van der Waals surface area contributed by atoms with E-state index in [-0.39, 0.29) is 5.91 Å². The van der Waals surface area contributed by atoms with Gasteiger partial charge in [0.05, 0.1) is 11.0 Å². The summed E-state index contributed by atoms with van der Waals surface area (Å²) < 4.78 is 0. The van der Waals surface area contributed by atoms with Gasteiger partial charge >= 0.3 is 0 Å². The van der Waals surface area contributed by atoms with Crippen molar-refractivity contribution in [1.29, 1.82) is 0 Å². The summed E-state index contributed by atoms with van der Waals surface area (Å²) in [5.74, 6) is 0.266. The molecule has 2 heterocycles. The van der Waals surface area contributed by atoms with Crippen LogP contribution in [0.4, 0.5) is 5.82 Å². The monoisotopic (exact) mass is 389 g/mol. The Labute approximate surface area is 168 Å². The average Bonchev–Trinajstić information content (AvgIpc) is 3.14. The van der Waals surface area contributed by atoms with E-state index in [1.807, 2.05) is 50.5 Å². The lowest BCUT2D eigenvalue weighted by molar-refractivity contribution is 0.0949. The van der Waals surface area contributed by atoms with Gasteiger partial charge in [-0.05, 0) is 62.5 Å². The highest BCUT2D eigenvalue weighted by atomic mass is 16.1. The predicted molar refractivity (Wildman–Crippen MR) is 115 cm³/mol. The van der Waals surface area contributed by atoms with Crippen molar-refractivity contribution in [3.63, 3.8) is 0 Å². The smallest absolute Gasteiger partial charge is 0.272 e. The van der Waals surface area contributed by atoms with Crippen molar-refractivity contribution < 1.29 is 4.79 Å². The molecular weight excluding hydrogens is 366 g/mol. The zero-order valence-corrected chi connectivity index (χ0v) is 16.4. The number of rotatable bonds is 6. The number of benzene rings is 2. The summed E-state index contributed by atoms with van der Waals surface area (Å²) in [4.78, 5) is 23.0. The van der Waals surface area contributed by atoms with Crippen LogP contribution in [0.3, 0.4) is 0 Å². The number of H-pyrrole nitrogens is 1. The van der Waals surface area contributed by atoms with Crippen molar-refractivity contribution in [2.75, 3.05) is 32.9 Å². The molecule has 2 aromatic heterocycles. The molecule has 29 heavy (non-hydrogen) atoms. The molecular formula is C21H23N7O. The molecule has 4 aromatic rings. The first-order chi connectivity index (χ1) is 14.0. The third-order valence-corrected chi connectivity index (χ3v) is 4.85. The minimum atomic E-state index is -0.177. The molecule has 0 aliphatic heterocycles. The Morgan fingerprint density at radius 3 is 2.66 bits per heavy atom. The maximum Gasteiger partial charge on any atom is 0.272 e. The summed E-state index contributed by atoms with van der Waals surface area (Å²) in [5, 5.41) is 11.7. The summed E-state index contributed by atoms with van der Waals surface area (Å²) in [6, 6.07) is 11.7. The number of aromatic amines is 1. The van der Waals surface area contributed by atoms with E-state index >= 15 is 0 Å². The lowest BCUT2D eigenvalue weighted by atomic mass is 10.0. The number of carbonyl (C=O) groups excluding carboxylic acids is 1. The molecule has 8 nitrogen and oxygen atoms in total. The molecule has 0 bridgehead atoms. The van der Waals surface area contributed by atoms with Gasteiger partial charge in [0.15, 0.2) is 5.69 Å². The van der Waals surface area contributed by atoms with Gasteiger partial charge in [0.25, 0.3) is 5.91 Å². The van der Waals surface area contributed by atoms with Crippen LogP contribution < -0.4 is 11.1 Å². The van der Waals surface area contributed by atoms with Crippen LogP contribution in [0.15, 0.2) is 42.7 Å². The van der Waals surface area contributed by atoms with Gasteiger partial charge in [0, 0.05) is 17.3 Å². The van der Waals surface area contributed by atoms with E-state index < -0.39 is 0 Å². The van der Waals surface area contributed by atoms with E-state index in [9.17, 15) is 4.79 Å². The highest BCUT2D eigenvalue weighted by Gasteiger charge is 2.15. The average molecular weight is 389 g/mol. The molecule has 148 valence electrons. The maximum atomic E-state index is 12.6. The third kappa shape index (κ3) is 3.88. The summed E-state index contributed by atoms with van der Waals surface area (Å²) in [7, 11) is 4.02. The predicted octanol–water partition coefficient (Wildman–Crippen LogP) is 2.44. The zero-order valence-electron chi connectivity index (χ0n) is 16.4. The Morgan fingerprint density at radius 1 is 1.10 bits per heavy atom. The number of carbonyl (C=O) groups is 1. The molecule has 4 rings (SSSR count). The van der Waals surface area contributed by atoms with E-state index in [1.54, 1.807) is 0 Å². The number of nitrogens with zero attached hydrogens (tertiary/aromatic N) is 4. The highest BCUT2D eigenvalue weighted by Crippen LogP contribution is 2.28. The van der Waals surface area contributed by atoms with E-state index in [4.69, 9.17) is 5.73 Å². The Bertz CT molecular complexity index is 1180. The molecule has 0 aliphatic carbocycles. The number of hydrogen-bond acceptors (Lipinski definition) is 6. The van der Waals surface area contributed by atoms with Gasteiger partial charge in [-0.2, -0.15) is 5.10 Å². The van der Waals surface area contributed by atoms with Crippen LogP contribution in [0, 0.1) is 0 Å². The Hall–Kier alpha value is -3.52. The van der Waals surface area contributed by atoms with E-state index in [2.05, 4.69) is 30.4 Å². The van der Waals surface area contributed by atoms with Crippen LogP contribution in [0.2, 0.25) is 0 Å². The molecule has 8 heteroatoms. The van der Waals surface area contributed by atoms with Crippen LogP contribution in [0.5, 0.6) is 0 Å². The fraction of sp³-hybridized carbons (Fsp3) is 0.238. The molecule has 0 fully saturated rings. The molecule has 1 amide bonds. The largest absolute Gasteiger partial charge is 0.383 e. The second kappa shape index (κ2) is 7.84. The summed E-state index contributed by atoms with van der Waals surface area (Å²) in [5.41, 5.74) is 9.94. The summed E-state index contributed by atoms with van der Waals surface area (Å²) in [6.07, 6.45) is 2.34. The van der Waals surface area contributed by atoms with Crippen LogP contribution in [-0.2, 0) is 0 Å². The SMILES string of the molecule is CN(C)CCCNC(=O)c1n[nH]c2ccc(-c3ccc4ncnc(N)c4c3)cc12. The zero-order chi connectivity index (χ0) is 20.4. The van der Waals surface area contributed by atoms with Crippen molar-refractivity contribution in [3.8, 4) is 11.1 Å².